The minimum Gasteiger partial charge on any atom is -0.479 e. The smallest absolute Gasteiger partial charge is 0.410 e. The van der Waals surface area contributed by atoms with Gasteiger partial charge in [0.15, 0.2) is 17.2 Å². The van der Waals surface area contributed by atoms with Gasteiger partial charge in [-0.05, 0) is 50.3 Å². The van der Waals surface area contributed by atoms with Gasteiger partial charge >= 0.3 is 18.0 Å². The van der Waals surface area contributed by atoms with E-state index in [1.54, 1.807) is 0 Å². The number of carbonyl (C=O) groups excluding carboxylic acids is 1. The number of nitrogens with one attached hydrogen (secondary N) is 1. The number of carboxylic acid groups (broad SMARTS) is 2. The van der Waals surface area contributed by atoms with Crippen LogP contribution in [0.2, 0.25) is 5.02 Å². The molecule has 2 aliphatic rings. The van der Waals surface area contributed by atoms with Gasteiger partial charge in [-0.1, -0.05) is 23.7 Å². The Morgan fingerprint density at radius 1 is 1.21 bits per heavy atom. The number of benzene rings is 1. The number of carbonyl (C=O) groups is 3. The van der Waals surface area contributed by atoms with Crippen LogP contribution >= 0.6 is 22.9 Å². The van der Waals surface area contributed by atoms with Gasteiger partial charge in [0.25, 0.3) is 0 Å². The van der Waals surface area contributed by atoms with Crippen molar-refractivity contribution in [1.82, 2.24) is 4.90 Å². The highest BCUT2D eigenvalue weighted by Crippen LogP contribution is 2.46. The van der Waals surface area contributed by atoms with Gasteiger partial charge in [-0.25, -0.2) is 14.4 Å². The van der Waals surface area contributed by atoms with E-state index in [4.69, 9.17) is 26.2 Å². The number of aromatic carboxylic acids is 1. The quantitative estimate of drug-likeness (QED) is 0.464. The summed E-state index contributed by atoms with van der Waals surface area (Å²) in [5.74, 6) is -2.61. The molecule has 3 N–H and O–H groups in total. The fraction of sp³-hybridized carbons (Fsp3) is 0.435. The van der Waals surface area contributed by atoms with Crippen molar-refractivity contribution in [3.8, 4) is 16.2 Å². The third kappa shape index (κ3) is 4.92. The first-order valence-corrected chi connectivity index (χ1v) is 12.2. The molecule has 9 nitrogen and oxygen atoms in total. The SMILES string of the molecule is CCOC(=O)N1C2CCC1CC(Nc1cccc(-c3sc(C(=O)O)c(OCC(=O)O)c3Cl)c1)C2. The Bertz CT molecular complexity index is 1090. The second-order valence-electron chi connectivity index (χ2n) is 8.28. The zero-order valence-corrected chi connectivity index (χ0v) is 20.0. The number of halogens is 1. The van der Waals surface area contributed by atoms with Crippen LogP contribution in [-0.2, 0) is 9.53 Å². The summed E-state index contributed by atoms with van der Waals surface area (Å²) in [6, 6.07) is 7.93. The number of nitrogens with zero attached hydrogens (tertiary/aromatic N) is 1. The van der Waals surface area contributed by atoms with E-state index in [1.807, 2.05) is 36.1 Å². The molecule has 2 aromatic rings. The molecule has 11 heteroatoms. The van der Waals surface area contributed by atoms with Gasteiger partial charge in [-0.2, -0.15) is 0 Å². The molecule has 34 heavy (non-hydrogen) atoms. The van der Waals surface area contributed by atoms with Crippen LogP contribution in [0.15, 0.2) is 24.3 Å². The van der Waals surface area contributed by atoms with E-state index in [0.717, 1.165) is 42.7 Å². The lowest BCUT2D eigenvalue weighted by atomic mass is 9.97. The predicted octanol–water partition coefficient (Wildman–Crippen LogP) is 4.79. The Morgan fingerprint density at radius 3 is 2.53 bits per heavy atom. The van der Waals surface area contributed by atoms with Gasteiger partial charge in [0, 0.05) is 23.8 Å². The minimum atomic E-state index is -1.24. The van der Waals surface area contributed by atoms with Crippen LogP contribution in [0.3, 0.4) is 0 Å². The van der Waals surface area contributed by atoms with Crippen molar-refractivity contribution in [2.45, 2.75) is 50.7 Å². The van der Waals surface area contributed by atoms with Crippen LogP contribution in [0.25, 0.3) is 10.4 Å². The standard InChI is InChI=1S/C23H25ClN2O7S/c1-2-32-23(31)26-15-6-7-16(26)10-14(9-15)25-13-5-3-4-12(8-13)20-18(24)19(33-11-17(27)28)21(34-20)22(29)30/h3-5,8,14-16,25H,2,6-7,9-11H2,1H3,(H,27,28)(H,29,30). The summed E-state index contributed by atoms with van der Waals surface area (Å²) in [5, 5.41) is 22.0. The summed E-state index contributed by atoms with van der Waals surface area (Å²) in [4.78, 5) is 37.0. The Labute approximate surface area is 205 Å². The summed E-state index contributed by atoms with van der Waals surface area (Å²) in [6.07, 6.45) is 3.32. The first kappa shape index (κ1) is 24.2. The molecular weight excluding hydrogens is 484 g/mol. The molecule has 1 aromatic heterocycles. The molecule has 0 radical (unpaired) electrons. The highest BCUT2D eigenvalue weighted by Gasteiger charge is 2.44. The van der Waals surface area contributed by atoms with E-state index in [-0.39, 0.29) is 39.9 Å². The van der Waals surface area contributed by atoms with E-state index in [0.29, 0.717) is 17.0 Å². The second kappa shape index (κ2) is 10.1. The van der Waals surface area contributed by atoms with E-state index in [1.165, 1.54) is 0 Å². The highest BCUT2D eigenvalue weighted by atomic mass is 35.5. The van der Waals surface area contributed by atoms with Crippen molar-refractivity contribution in [1.29, 1.82) is 0 Å². The molecule has 0 saturated carbocycles. The lowest BCUT2D eigenvalue weighted by molar-refractivity contribution is -0.139. The highest BCUT2D eigenvalue weighted by molar-refractivity contribution is 7.18. The zero-order chi connectivity index (χ0) is 24.4. The Hall–Kier alpha value is -2.98. The summed E-state index contributed by atoms with van der Waals surface area (Å²) in [5.41, 5.74) is 1.54. The fourth-order valence-corrected chi connectivity index (χ4v) is 6.16. The molecule has 2 aliphatic heterocycles. The normalized spacial score (nSPS) is 21.2. The molecular formula is C23H25ClN2O7S. The number of carboxylic acids is 2. The summed E-state index contributed by atoms with van der Waals surface area (Å²) < 4.78 is 10.4. The molecule has 1 amide bonds. The number of thiophene rings is 1. The van der Waals surface area contributed by atoms with E-state index < -0.39 is 18.5 Å². The third-order valence-corrected chi connectivity index (χ3v) is 7.73. The lowest BCUT2D eigenvalue weighted by Crippen LogP contribution is -2.49. The molecule has 182 valence electrons. The molecule has 4 rings (SSSR count). The van der Waals surface area contributed by atoms with E-state index in [9.17, 15) is 19.5 Å². The van der Waals surface area contributed by atoms with Gasteiger partial charge in [-0.15, -0.1) is 11.3 Å². The molecule has 2 fully saturated rings. The maximum atomic E-state index is 12.3. The number of ether oxygens (including phenoxy) is 2. The number of hydrogen-bond donors (Lipinski definition) is 3. The Balaban J connectivity index is 1.51. The van der Waals surface area contributed by atoms with Crippen LogP contribution in [0.5, 0.6) is 5.75 Å². The summed E-state index contributed by atoms with van der Waals surface area (Å²) >= 11 is 7.35. The van der Waals surface area contributed by atoms with Crippen LogP contribution in [0.4, 0.5) is 10.5 Å². The average molecular weight is 509 g/mol. The summed E-state index contributed by atoms with van der Waals surface area (Å²) in [7, 11) is 0. The van der Waals surface area contributed by atoms with Crippen molar-refractivity contribution in [2.24, 2.45) is 0 Å². The van der Waals surface area contributed by atoms with Gasteiger partial charge < -0.3 is 29.9 Å². The summed E-state index contributed by atoms with van der Waals surface area (Å²) in [6.45, 7) is 1.48. The molecule has 0 spiro atoms. The Kier molecular flexibility index (Phi) is 7.18. The predicted molar refractivity (Wildman–Crippen MR) is 127 cm³/mol. The molecule has 3 heterocycles. The van der Waals surface area contributed by atoms with Gasteiger partial charge in [-0.3, -0.25) is 0 Å². The number of piperidine rings is 1. The molecule has 2 saturated heterocycles. The van der Waals surface area contributed by atoms with Gasteiger partial charge in [0.2, 0.25) is 0 Å². The lowest BCUT2D eigenvalue weighted by Gasteiger charge is -2.38. The monoisotopic (exact) mass is 508 g/mol. The van der Waals surface area contributed by atoms with Crippen molar-refractivity contribution in [3.63, 3.8) is 0 Å². The Morgan fingerprint density at radius 2 is 1.91 bits per heavy atom. The number of rotatable bonds is 8. The van der Waals surface area contributed by atoms with Crippen LogP contribution in [-0.4, -0.2) is 64.5 Å². The van der Waals surface area contributed by atoms with Crippen molar-refractivity contribution < 1.29 is 34.1 Å². The first-order valence-electron chi connectivity index (χ1n) is 11.0. The number of fused-ring (bicyclic) bond motifs is 2. The zero-order valence-electron chi connectivity index (χ0n) is 18.5. The third-order valence-electron chi connectivity index (χ3n) is 6.05. The van der Waals surface area contributed by atoms with Gasteiger partial charge in [0.05, 0.1) is 11.5 Å². The molecule has 1 aromatic carbocycles. The topological polar surface area (TPSA) is 125 Å². The fourth-order valence-electron chi connectivity index (χ4n) is 4.76. The number of amides is 1. The number of anilines is 1. The van der Waals surface area contributed by atoms with Crippen molar-refractivity contribution >= 4 is 46.7 Å². The maximum absolute atomic E-state index is 12.3. The molecule has 2 unspecified atom stereocenters. The van der Waals surface area contributed by atoms with E-state index in [2.05, 4.69) is 5.32 Å². The molecule has 0 aliphatic carbocycles. The van der Waals surface area contributed by atoms with Crippen LogP contribution < -0.4 is 10.1 Å². The molecule has 2 bridgehead atoms. The maximum Gasteiger partial charge on any atom is 0.410 e. The van der Waals surface area contributed by atoms with E-state index >= 15 is 0 Å². The van der Waals surface area contributed by atoms with Crippen molar-refractivity contribution in [2.75, 3.05) is 18.5 Å². The van der Waals surface area contributed by atoms with Crippen molar-refractivity contribution in [3.05, 3.63) is 34.2 Å². The average Bonchev–Trinajstić information content (AvgIpc) is 3.26. The molecule has 2 atom stereocenters. The second-order valence-corrected chi connectivity index (χ2v) is 9.67. The first-order chi connectivity index (χ1) is 16.3. The largest absolute Gasteiger partial charge is 0.479 e. The number of aliphatic carboxylic acids is 1. The van der Waals surface area contributed by atoms with Crippen LogP contribution in [0.1, 0.15) is 42.3 Å². The van der Waals surface area contributed by atoms with Crippen LogP contribution in [0, 0.1) is 0 Å². The van der Waals surface area contributed by atoms with Gasteiger partial charge in [0.1, 0.15) is 5.02 Å². The number of hydrogen-bond acceptors (Lipinski definition) is 7. The minimum absolute atomic E-state index is 0.0709.